The summed E-state index contributed by atoms with van der Waals surface area (Å²) in [6, 6.07) is 5.86. The van der Waals surface area contributed by atoms with Gasteiger partial charge in [0.15, 0.2) is 0 Å². The van der Waals surface area contributed by atoms with Gasteiger partial charge in [0.1, 0.15) is 11.9 Å². The van der Waals surface area contributed by atoms with Crippen LogP contribution < -0.4 is 10.5 Å². The van der Waals surface area contributed by atoms with Crippen molar-refractivity contribution in [2.24, 2.45) is 5.73 Å². The molecule has 0 saturated heterocycles. The van der Waals surface area contributed by atoms with E-state index in [1.165, 1.54) is 0 Å². The third kappa shape index (κ3) is 4.12. The van der Waals surface area contributed by atoms with Crippen LogP contribution in [0.3, 0.4) is 0 Å². The van der Waals surface area contributed by atoms with E-state index in [0.717, 1.165) is 15.8 Å². The first-order valence-electron chi connectivity index (χ1n) is 5.40. The molecule has 0 aliphatic heterocycles. The fourth-order valence-electron chi connectivity index (χ4n) is 1.34. The quantitative estimate of drug-likeness (QED) is 0.875. The molecule has 0 bridgehead atoms. The summed E-state index contributed by atoms with van der Waals surface area (Å²) in [5, 5.41) is 0. The van der Waals surface area contributed by atoms with Crippen LogP contribution in [0.4, 0.5) is 0 Å². The average Bonchev–Trinajstić information content (AvgIpc) is 2.27. The van der Waals surface area contributed by atoms with E-state index in [-0.39, 0.29) is 6.10 Å². The largest absolute Gasteiger partial charge is 0.488 e. The SMILES string of the molecule is CCOCC(C)Oc1cc(Br)ccc1CN. The second-order valence-electron chi connectivity index (χ2n) is 3.54. The Morgan fingerprint density at radius 2 is 2.19 bits per heavy atom. The minimum atomic E-state index is 0.0274. The summed E-state index contributed by atoms with van der Waals surface area (Å²) in [4.78, 5) is 0. The number of hydrogen-bond acceptors (Lipinski definition) is 3. The van der Waals surface area contributed by atoms with Crippen molar-refractivity contribution in [1.29, 1.82) is 0 Å². The van der Waals surface area contributed by atoms with Gasteiger partial charge in [0.05, 0.1) is 6.61 Å². The molecule has 1 atom stereocenters. The highest BCUT2D eigenvalue weighted by Gasteiger charge is 2.08. The number of halogens is 1. The van der Waals surface area contributed by atoms with E-state index >= 15 is 0 Å². The Labute approximate surface area is 105 Å². The van der Waals surface area contributed by atoms with Crippen molar-refractivity contribution in [1.82, 2.24) is 0 Å². The number of hydrogen-bond donors (Lipinski definition) is 1. The van der Waals surface area contributed by atoms with Gasteiger partial charge in [-0.05, 0) is 26.0 Å². The van der Waals surface area contributed by atoms with Crippen LogP contribution in [0, 0.1) is 0 Å². The van der Waals surface area contributed by atoms with Gasteiger partial charge in [-0.2, -0.15) is 0 Å². The Kier molecular flexibility index (Phi) is 5.80. The molecule has 2 N–H and O–H groups in total. The third-order valence-electron chi connectivity index (χ3n) is 2.13. The van der Waals surface area contributed by atoms with Crippen molar-refractivity contribution >= 4 is 15.9 Å². The van der Waals surface area contributed by atoms with Gasteiger partial charge in [-0.25, -0.2) is 0 Å². The van der Waals surface area contributed by atoms with Crippen molar-refractivity contribution < 1.29 is 9.47 Å². The maximum absolute atomic E-state index is 5.78. The summed E-state index contributed by atoms with van der Waals surface area (Å²) >= 11 is 3.42. The number of ether oxygens (including phenoxy) is 2. The lowest BCUT2D eigenvalue weighted by molar-refractivity contribution is 0.0652. The molecule has 0 radical (unpaired) electrons. The second kappa shape index (κ2) is 6.89. The molecule has 3 nitrogen and oxygen atoms in total. The molecule has 0 amide bonds. The van der Waals surface area contributed by atoms with Crippen molar-refractivity contribution in [3.8, 4) is 5.75 Å². The normalized spacial score (nSPS) is 12.5. The summed E-state index contributed by atoms with van der Waals surface area (Å²) in [5.74, 6) is 0.823. The van der Waals surface area contributed by atoms with Crippen molar-refractivity contribution in [3.05, 3.63) is 28.2 Å². The zero-order valence-electron chi connectivity index (χ0n) is 9.70. The fourth-order valence-corrected chi connectivity index (χ4v) is 1.68. The van der Waals surface area contributed by atoms with Crippen LogP contribution in [0.25, 0.3) is 0 Å². The standard InChI is InChI=1S/C12H18BrNO2/c1-3-15-8-9(2)16-12-6-11(13)5-4-10(12)7-14/h4-6,9H,3,7-8,14H2,1-2H3. The Balaban J connectivity index is 2.67. The molecule has 4 heteroatoms. The minimum Gasteiger partial charge on any atom is -0.488 e. The summed E-state index contributed by atoms with van der Waals surface area (Å²) in [5.41, 5.74) is 6.66. The highest BCUT2D eigenvalue weighted by molar-refractivity contribution is 9.10. The lowest BCUT2D eigenvalue weighted by atomic mass is 10.2. The summed E-state index contributed by atoms with van der Waals surface area (Å²) < 4.78 is 12.1. The lowest BCUT2D eigenvalue weighted by Gasteiger charge is -2.17. The van der Waals surface area contributed by atoms with E-state index in [4.69, 9.17) is 15.2 Å². The predicted molar refractivity (Wildman–Crippen MR) is 68.6 cm³/mol. The molecule has 0 aliphatic rings. The molecule has 0 saturated carbocycles. The van der Waals surface area contributed by atoms with E-state index in [1.807, 2.05) is 32.0 Å². The molecule has 0 aromatic heterocycles. The first-order chi connectivity index (χ1) is 7.67. The van der Waals surface area contributed by atoms with Crippen LogP contribution in [0.5, 0.6) is 5.75 Å². The first-order valence-corrected chi connectivity index (χ1v) is 6.19. The molecule has 0 heterocycles. The van der Waals surface area contributed by atoms with Crippen LogP contribution in [-0.4, -0.2) is 19.3 Å². The lowest BCUT2D eigenvalue weighted by Crippen LogP contribution is -2.20. The molecule has 0 spiro atoms. The maximum Gasteiger partial charge on any atom is 0.125 e. The van der Waals surface area contributed by atoms with E-state index in [0.29, 0.717) is 19.8 Å². The van der Waals surface area contributed by atoms with Gasteiger partial charge in [0, 0.05) is 23.2 Å². The highest BCUT2D eigenvalue weighted by atomic mass is 79.9. The monoisotopic (exact) mass is 287 g/mol. The Hall–Kier alpha value is -0.580. The number of rotatable bonds is 6. The van der Waals surface area contributed by atoms with Gasteiger partial charge >= 0.3 is 0 Å². The Morgan fingerprint density at radius 1 is 1.44 bits per heavy atom. The molecule has 16 heavy (non-hydrogen) atoms. The molecule has 90 valence electrons. The number of benzene rings is 1. The van der Waals surface area contributed by atoms with Gasteiger partial charge in [0.25, 0.3) is 0 Å². The van der Waals surface area contributed by atoms with E-state index < -0.39 is 0 Å². The Morgan fingerprint density at radius 3 is 2.81 bits per heavy atom. The maximum atomic E-state index is 5.78. The first kappa shape index (κ1) is 13.5. The topological polar surface area (TPSA) is 44.5 Å². The second-order valence-corrected chi connectivity index (χ2v) is 4.46. The summed E-state index contributed by atoms with van der Waals surface area (Å²) in [7, 11) is 0. The molecule has 1 aromatic carbocycles. The summed E-state index contributed by atoms with van der Waals surface area (Å²) in [6.45, 7) is 5.72. The molecule has 1 unspecified atom stereocenters. The van der Waals surface area contributed by atoms with Gasteiger partial charge in [-0.15, -0.1) is 0 Å². The molecule has 1 rings (SSSR count). The third-order valence-corrected chi connectivity index (χ3v) is 2.63. The van der Waals surface area contributed by atoms with Crippen LogP contribution in [0.2, 0.25) is 0 Å². The summed E-state index contributed by atoms with van der Waals surface area (Å²) in [6.07, 6.45) is 0.0274. The van der Waals surface area contributed by atoms with Crippen LogP contribution in [0.15, 0.2) is 22.7 Å². The molecule has 1 aromatic rings. The highest BCUT2D eigenvalue weighted by Crippen LogP contribution is 2.24. The van der Waals surface area contributed by atoms with Crippen molar-refractivity contribution in [2.45, 2.75) is 26.5 Å². The molecular formula is C12H18BrNO2. The van der Waals surface area contributed by atoms with E-state index in [1.54, 1.807) is 0 Å². The van der Waals surface area contributed by atoms with Crippen molar-refractivity contribution in [3.63, 3.8) is 0 Å². The van der Waals surface area contributed by atoms with Gasteiger partial charge in [-0.3, -0.25) is 0 Å². The van der Waals surface area contributed by atoms with Gasteiger partial charge in [0.2, 0.25) is 0 Å². The van der Waals surface area contributed by atoms with Crippen LogP contribution >= 0.6 is 15.9 Å². The van der Waals surface area contributed by atoms with E-state index in [9.17, 15) is 0 Å². The minimum absolute atomic E-state index is 0.0274. The molecule has 0 aliphatic carbocycles. The predicted octanol–water partition coefficient (Wildman–Crippen LogP) is 2.71. The van der Waals surface area contributed by atoms with Gasteiger partial charge in [-0.1, -0.05) is 22.0 Å². The zero-order chi connectivity index (χ0) is 12.0. The molecule has 0 fully saturated rings. The molecular weight excluding hydrogens is 270 g/mol. The van der Waals surface area contributed by atoms with Crippen molar-refractivity contribution in [2.75, 3.05) is 13.2 Å². The zero-order valence-corrected chi connectivity index (χ0v) is 11.3. The fraction of sp³-hybridized carbons (Fsp3) is 0.500. The van der Waals surface area contributed by atoms with Gasteiger partial charge < -0.3 is 15.2 Å². The number of nitrogens with two attached hydrogens (primary N) is 1. The Bertz CT molecular complexity index is 331. The van der Waals surface area contributed by atoms with E-state index in [2.05, 4.69) is 15.9 Å². The van der Waals surface area contributed by atoms with Crippen LogP contribution in [-0.2, 0) is 11.3 Å². The average molecular weight is 288 g/mol. The van der Waals surface area contributed by atoms with Crippen LogP contribution in [0.1, 0.15) is 19.4 Å². The smallest absolute Gasteiger partial charge is 0.125 e.